The molecule has 10 heteroatoms. The number of thiazole rings is 1. The lowest BCUT2D eigenvalue weighted by molar-refractivity contribution is -0.138. The van der Waals surface area contributed by atoms with Crippen LogP contribution in [0.15, 0.2) is 76.2 Å². The monoisotopic (exact) mass is 542 g/mol. The third kappa shape index (κ3) is 5.21. The van der Waals surface area contributed by atoms with Gasteiger partial charge in [-0.15, -0.1) is 0 Å². The molecule has 1 aromatic heterocycles. The van der Waals surface area contributed by atoms with Crippen molar-refractivity contribution in [3.05, 3.63) is 107 Å². The minimum atomic E-state index is -0.805. The van der Waals surface area contributed by atoms with Crippen LogP contribution >= 0.6 is 34.5 Å². The van der Waals surface area contributed by atoms with E-state index in [0.29, 0.717) is 42.0 Å². The number of benzene rings is 2. The van der Waals surface area contributed by atoms with Gasteiger partial charge in [-0.3, -0.25) is 14.2 Å². The summed E-state index contributed by atoms with van der Waals surface area (Å²) >= 11 is 13.3. The summed E-state index contributed by atoms with van der Waals surface area (Å²) in [6, 6.07) is 10.8. The Balaban J connectivity index is 1.89. The Morgan fingerprint density at radius 2 is 1.89 bits per heavy atom. The summed E-state index contributed by atoms with van der Waals surface area (Å²) in [5, 5.41) is 0.776. The molecule has 4 rings (SSSR count). The number of aromatic nitrogens is 1. The highest BCUT2D eigenvalue weighted by atomic mass is 35.5. The van der Waals surface area contributed by atoms with Crippen LogP contribution in [0, 0.1) is 0 Å². The Morgan fingerprint density at radius 3 is 2.53 bits per heavy atom. The van der Waals surface area contributed by atoms with Gasteiger partial charge < -0.3 is 9.47 Å². The predicted molar refractivity (Wildman–Crippen MR) is 139 cm³/mol. The summed E-state index contributed by atoms with van der Waals surface area (Å²) in [6.07, 6.45) is 3.16. The van der Waals surface area contributed by atoms with Crippen molar-refractivity contribution in [3.63, 3.8) is 0 Å². The SMILES string of the molecule is C=CCOC(=O)C1=C(C)N=c2s/c(=C/c3ccc(Cl)c(Cl)c3)c(=O)n2[C@H]1c1ccc(OC(C)=O)cc1. The lowest BCUT2D eigenvalue weighted by Gasteiger charge is -2.24. The predicted octanol–water partition coefficient (Wildman–Crippen LogP) is 4.20. The molecule has 0 fully saturated rings. The first-order valence-electron chi connectivity index (χ1n) is 10.7. The zero-order valence-corrected chi connectivity index (χ0v) is 21.6. The molecule has 0 amide bonds. The van der Waals surface area contributed by atoms with Gasteiger partial charge in [-0.2, -0.15) is 0 Å². The number of carbonyl (C=O) groups is 2. The van der Waals surface area contributed by atoms with Gasteiger partial charge in [-0.05, 0) is 48.4 Å². The molecule has 1 atom stereocenters. The molecule has 2 heterocycles. The molecule has 0 unspecified atom stereocenters. The Bertz CT molecular complexity index is 1590. The molecule has 0 radical (unpaired) electrons. The number of allylic oxidation sites excluding steroid dienone is 1. The van der Waals surface area contributed by atoms with E-state index in [9.17, 15) is 14.4 Å². The van der Waals surface area contributed by atoms with E-state index in [2.05, 4.69) is 11.6 Å². The van der Waals surface area contributed by atoms with E-state index in [0.717, 1.165) is 0 Å². The highest BCUT2D eigenvalue weighted by Crippen LogP contribution is 2.31. The first-order valence-corrected chi connectivity index (χ1v) is 12.3. The molecule has 36 heavy (non-hydrogen) atoms. The van der Waals surface area contributed by atoms with Gasteiger partial charge in [0.2, 0.25) is 0 Å². The first-order chi connectivity index (χ1) is 17.2. The Hall–Kier alpha value is -3.46. The van der Waals surface area contributed by atoms with Crippen LogP contribution in [0.2, 0.25) is 10.0 Å². The van der Waals surface area contributed by atoms with Gasteiger partial charge >= 0.3 is 11.9 Å². The second-order valence-electron chi connectivity index (χ2n) is 7.81. The fourth-order valence-electron chi connectivity index (χ4n) is 3.75. The van der Waals surface area contributed by atoms with Crippen LogP contribution in [-0.4, -0.2) is 23.1 Å². The Labute approximate surface area is 220 Å². The maximum Gasteiger partial charge on any atom is 0.338 e. The van der Waals surface area contributed by atoms with Crippen LogP contribution in [0.3, 0.4) is 0 Å². The van der Waals surface area contributed by atoms with Crippen LogP contribution in [0.25, 0.3) is 6.08 Å². The minimum Gasteiger partial charge on any atom is -0.458 e. The van der Waals surface area contributed by atoms with Gasteiger partial charge in [-0.25, -0.2) is 9.79 Å². The van der Waals surface area contributed by atoms with Gasteiger partial charge in [0.15, 0.2) is 4.80 Å². The molecule has 7 nitrogen and oxygen atoms in total. The number of rotatable bonds is 6. The largest absolute Gasteiger partial charge is 0.458 e. The molecule has 0 saturated carbocycles. The molecule has 0 aliphatic carbocycles. The van der Waals surface area contributed by atoms with Crippen molar-refractivity contribution in [1.82, 2.24) is 4.57 Å². The number of ether oxygens (including phenoxy) is 2. The number of halogens is 2. The molecule has 1 aliphatic rings. The zero-order chi connectivity index (χ0) is 26.0. The van der Waals surface area contributed by atoms with E-state index < -0.39 is 18.0 Å². The highest BCUT2D eigenvalue weighted by molar-refractivity contribution is 7.07. The highest BCUT2D eigenvalue weighted by Gasteiger charge is 2.33. The van der Waals surface area contributed by atoms with Crippen LogP contribution in [0.1, 0.15) is 31.0 Å². The first kappa shape index (κ1) is 25.6. The third-order valence-corrected chi connectivity index (χ3v) is 6.99. The minimum absolute atomic E-state index is 0.00939. The van der Waals surface area contributed by atoms with Gasteiger partial charge in [0.1, 0.15) is 12.4 Å². The summed E-state index contributed by atoms with van der Waals surface area (Å²) in [7, 11) is 0. The number of esters is 2. The molecule has 184 valence electrons. The number of hydrogen-bond donors (Lipinski definition) is 0. The summed E-state index contributed by atoms with van der Waals surface area (Å²) in [5.74, 6) is -0.721. The van der Waals surface area contributed by atoms with E-state index in [-0.39, 0.29) is 17.7 Å². The maximum absolute atomic E-state index is 13.6. The Kier molecular flexibility index (Phi) is 7.59. The molecule has 2 aromatic carbocycles. The van der Waals surface area contributed by atoms with Gasteiger partial charge in [0.25, 0.3) is 5.56 Å². The number of nitrogens with zero attached hydrogens (tertiary/aromatic N) is 2. The normalized spacial score (nSPS) is 15.2. The van der Waals surface area contributed by atoms with Crippen molar-refractivity contribution in [2.24, 2.45) is 4.99 Å². The van der Waals surface area contributed by atoms with Crippen molar-refractivity contribution in [1.29, 1.82) is 0 Å². The average Bonchev–Trinajstić information content (AvgIpc) is 3.13. The molecule has 3 aromatic rings. The zero-order valence-electron chi connectivity index (χ0n) is 19.3. The maximum atomic E-state index is 13.6. The molecular weight excluding hydrogens is 523 g/mol. The topological polar surface area (TPSA) is 87.0 Å². The van der Waals surface area contributed by atoms with Crippen molar-refractivity contribution in [3.8, 4) is 5.75 Å². The van der Waals surface area contributed by atoms with Crippen molar-refractivity contribution >= 4 is 52.6 Å². The average molecular weight is 543 g/mol. The summed E-state index contributed by atoms with van der Waals surface area (Å²) in [6.45, 7) is 6.59. The fraction of sp³-hybridized carbons (Fsp3) is 0.154. The smallest absolute Gasteiger partial charge is 0.338 e. The van der Waals surface area contributed by atoms with E-state index in [4.69, 9.17) is 32.7 Å². The van der Waals surface area contributed by atoms with Crippen LogP contribution in [0.4, 0.5) is 0 Å². The standard InChI is InChI=1S/C26H20Cl2N2O5S/c1-4-11-34-25(33)22-14(2)29-26-30(23(22)17-6-8-18(9-7-17)35-15(3)31)24(32)21(36-26)13-16-5-10-19(27)20(28)12-16/h4-10,12-13,23H,1,11H2,2-3H3/b21-13+/t23-/m0/s1. The molecule has 0 N–H and O–H groups in total. The van der Waals surface area contributed by atoms with Crippen LogP contribution in [0.5, 0.6) is 5.75 Å². The van der Waals surface area contributed by atoms with E-state index in [1.54, 1.807) is 55.5 Å². The van der Waals surface area contributed by atoms with Crippen LogP contribution in [-0.2, 0) is 14.3 Å². The van der Waals surface area contributed by atoms with Crippen molar-refractivity contribution in [2.75, 3.05) is 6.61 Å². The summed E-state index contributed by atoms with van der Waals surface area (Å²) < 4.78 is 12.3. The summed E-state index contributed by atoms with van der Waals surface area (Å²) in [4.78, 5) is 42.9. The number of hydrogen-bond acceptors (Lipinski definition) is 7. The lowest BCUT2D eigenvalue weighted by atomic mass is 9.96. The lowest BCUT2D eigenvalue weighted by Crippen LogP contribution is -2.39. The van der Waals surface area contributed by atoms with Gasteiger partial charge in [-0.1, -0.05) is 65.4 Å². The third-order valence-electron chi connectivity index (χ3n) is 5.27. The molecule has 0 saturated heterocycles. The number of fused-ring (bicyclic) bond motifs is 1. The molecule has 0 spiro atoms. The number of carbonyl (C=O) groups excluding carboxylic acids is 2. The second-order valence-corrected chi connectivity index (χ2v) is 9.63. The van der Waals surface area contributed by atoms with E-state index in [1.807, 2.05) is 0 Å². The van der Waals surface area contributed by atoms with Gasteiger partial charge in [0, 0.05) is 6.92 Å². The molecule has 1 aliphatic heterocycles. The Morgan fingerprint density at radius 1 is 1.17 bits per heavy atom. The van der Waals surface area contributed by atoms with Crippen molar-refractivity contribution < 1.29 is 19.1 Å². The molecule has 0 bridgehead atoms. The van der Waals surface area contributed by atoms with Gasteiger partial charge in [0.05, 0.1) is 31.9 Å². The summed E-state index contributed by atoms with van der Waals surface area (Å²) in [5.41, 5.74) is 1.64. The molecular formula is C26H20Cl2N2O5S. The van der Waals surface area contributed by atoms with Crippen molar-refractivity contribution in [2.45, 2.75) is 19.9 Å². The van der Waals surface area contributed by atoms with Crippen LogP contribution < -0.4 is 19.6 Å². The quantitative estimate of drug-likeness (QED) is 0.264. The second kappa shape index (κ2) is 10.7. The van der Waals surface area contributed by atoms with E-state index in [1.165, 1.54) is 28.9 Å². The van der Waals surface area contributed by atoms with E-state index >= 15 is 0 Å². The fourth-order valence-corrected chi connectivity index (χ4v) is 5.10.